The maximum absolute atomic E-state index is 14.0. The molecule has 0 amide bonds. The molecule has 68 heavy (non-hydrogen) atoms. The number of hydrogen-bond acceptors (Lipinski definition) is 9. The molecule has 0 spiro atoms. The fraction of sp³-hybridized carbons (Fsp3) is 0.764. The highest BCUT2D eigenvalue weighted by Crippen LogP contribution is 2.42. The SMILES string of the molecule is CCCCCCCCCCCCC(CCO[Si](C)(C)C(C)(C)C)c1cc([N+](=O)[O-])ccc1OC(=O)Oc1ccc([N+](=O)[O-])cc1C(CCCCCCCCCCCC)CCO[Si](C)(C)C(C)(C)C. The second kappa shape index (κ2) is 31.3. The summed E-state index contributed by atoms with van der Waals surface area (Å²) in [5.74, 6) is 0.0758. The Kier molecular flexibility index (Phi) is 28.0. The van der Waals surface area contributed by atoms with Crippen LogP contribution >= 0.6 is 0 Å². The van der Waals surface area contributed by atoms with Crippen LogP contribution in [0.1, 0.15) is 232 Å². The van der Waals surface area contributed by atoms with Gasteiger partial charge in [0.25, 0.3) is 11.4 Å². The molecule has 2 atom stereocenters. The monoisotopic (exact) mass is 985 g/mol. The standard InChI is InChI=1S/C55H96N2O9Si2/c1-13-15-17-19-21-23-25-27-29-31-33-45(39-41-63-67(9,10)54(3,4)5)49-43-47(56(59)60)35-37-51(49)65-53(58)66-52-38-36-48(57(61)62)44-50(52)46(40-42-64-68(11,12)55(6,7)8)34-32-30-28-26-24-22-20-18-16-14-2/h35-38,43-46H,13-34,39-42H2,1-12H3. The van der Waals surface area contributed by atoms with Gasteiger partial charge in [-0.2, -0.15) is 0 Å². The minimum Gasteiger partial charge on any atom is -0.417 e. The van der Waals surface area contributed by atoms with Gasteiger partial charge in [-0.15, -0.1) is 0 Å². The smallest absolute Gasteiger partial charge is 0.417 e. The second-order valence-electron chi connectivity index (χ2n) is 22.5. The topological polar surface area (TPSA) is 140 Å². The number of carbonyl (C=O) groups excluding carboxylic acids is 1. The summed E-state index contributed by atoms with van der Waals surface area (Å²) in [6.45, 7) is 27.6. The first-order chi connectivity index (χ1) is 32.0. The lowest BCUT2D eigenvalue weighted by atomic mass is 9.89. The van der Waals surface area contributed by atoms with Crippen LogP contribution in [0.2, 0.25) is 36.3 Å². The number of rotatable bonds is 36. The molecule has 2 aromatic carbocycles. The maximum Gasteiger partial charge on any atom is 0.519 e. The third-order valence-electron chi connectivity index (χ3n) is 15.0. The molecule has 0 aromatic heterocycles. The molecule has 0 radical (unpaired) electrons. The number of hydrogen-bond donors (Lipinski definition) is 0. The molecule has 388 valence electrons. The predicted molar refractivity (Wildman–Crippen MR) is 287 cm³/mol. The largest absolute Gasteiger partial charge is 0.519 e. The number of benzene rings is 2. The van der Waals surface area contributed by atoms with Gasteiger partial charge in [0.1, 0.15) is 11.5 Å². The molecule has 13 heteroatoms. The van der Waals surface area contributed by atoms with Crippen molar-refractivity contribution in [2.75, 3.05) is 13.2 Å². The van der Waals surface area contributed by atoms with Crippen molar-refractivity contribution in [3.8, 4) is 11.5 Å². The molecule has 0 fully saturated rings. The molecule has 0 aliphatic heterocycles. The highest BCUT2D eigenvalue weighted by Gasteiger charge is 2.38. The first-order valence-corrected chi connectivity index (χ1v) is 32.6. The Hall–Kier alpha value is -3.14. The zero-order chi connectivity index (χ0) is 50.8. The first kappa shape index (κ1) is 61.0. The lowest BCUT2D eigenvalue weighted by Crippen LogP contribution is -2.41. The van der Waals surface area contributed by atoms with Gasteiger partial charge in [-0.1, -0.05) is 184 Å². The molecular weight excluding hydrogens is 889 g/mol. The highest BCUT2D eigenvalue weighted by molar-refractivity contribution is 6.74. The average molecular weight is 986 g/mol. The van der Waals surface area contributed by atoms with Crippen molar-refractivity contribution in [2.24, 2.45) is 0 Å². The van der Waals surface area contributed by atoms with Gasteiger partial charge in [-0.05, 0) is 85.9 Å². The summed E-state index contributed by atoms with van der Waals surface area (Å²) in [7, 11) is -4.17. The molecule has 0 heterocycles. The number of carbonyl (C=O) groups is 1. The second-order valence-corrected chi connectivity index (χ2v) is 32.2. The number of nitro benzene ring substituents is 2. The van der Waals surface area contributed by atoms with Crippen LogP contribution in [0.25, 0.3) is 0 Å². The summed E-state index contributed by atoms with van der Waals surface area (Å²) < 4.78 is 25.3. The summed E-state index contributed by atoms with van der Waals surface area (Å²) in [5.41, 5.74) is 1.01. The predicted octanol–water partition coefficient (Wildman–Crippen LogP) is 18.7. The zero-order valence-corrected chi connectivity index (χ0v) is 47.1. The van der Waals surface area contributed by atoms with Crippen molar-refractivity contribution < 1.29 is 33.0 Å². The van der Waals surface area contributed by atoms with Crippen LogP contribution in [0.5, 0.6) is 11.5 Å². The summed E-state index contributed by atoms with van der Waals surface area (Å²) >= 11 is 0. The van der Waals surface area contributed by atoms with E-state index in [1.807, 2.05) is 0 Å². The Labute approximate surface area is 415 Å². The lowest BCUT2D eigenvalue weighted by Gasteiger charge is -2.36. The third-order valence-corrected chi connectivity index (χ3v) is 24.0. The minimum atomic E-state index is -2.09. The third kappa shape index (κ3) is 22.7. The van der Waals surface area contributed by atoms with Gasteiger partial charge in [0.15, 0.2) is 16.6 Å². The maximum atomic E-state index is 14.0. The number of ether oxygens (including phenoxy) is 2. The number of unbranched alkanes of at least 4 members (excludes halogenated alkanes) is 18. The molecule has 0 saturated heterocycles. The molecule has 0 bridgehead atoms. The van der Waals surface area contributed by atoms with Gasteiger partial charge >= 0.3 is 6.16 Å². The fourth-order valence-electron chi connectivity index (χ4n) is 8.34. The van der Waals surface area contributed by atoms with E-state index in [1.54, 1.807) is 0 Å². The minimum absolute atomic E-state index is 0.0172. The molecule has 0 aliphatic rings. The normalized spacial score (nSPS) is 13.4. The van der Waals surface area contributed by atoms with Crippen LogP contribution in [0, 0.1) is 20.2 Å². The van der Waals surface area contributed by atoms with Gasteiger partial charge in [0, 0.05) is 48.6 Å². The van der Waals surface area contributed by atoms with E-state index in [-0.39, 0.29) is 44.8 Å². The molecule has 0 N–H and O–H groups in total. The van der Waals surface area contributed by atoms with E-state index in [0.29, 0.717) is 37.2 Å². The number of non-ortho nitro benzene ring substituents is 2. The quantitative estimate of drug-likeness (QED) is 0.0163. The summed E-state index contributed by atoms with van der Waals surface area (Å²) in [6, 6.07) is 8.79. The van der Waals surface area contributed by atoms with Gasteiger partial charge in [0.2, 0.25) is 0 Å². The van der Waals surface area contributed by atoms with E-state index in [0.717, 1.165) is 51.4 Å². The van der Waals surface area contributed by atoms with Gasteiger partial charge in [0.05, 0.1) is 9.85 Å². The number of nitro groups is 2. The van der Waals surface area contributed by atoms with Crippen molar-refractivity contribution in [1.82, 2.24) is 0 Å². The van der Waals surface area contributed by atoms with Crippen molar-refractivity contribution in [3.63, 3.8) is 0 Å². The summed E-state index contributed by atoms with van der Waals surface area (Å²) in [5, 5.41) is 24.4. The fourth-order valence-corrected chi connectivity index (χ4v) is 10.5. The number of nitrogens with zero attached hydrogens (tertiary/aromatic N) is 2. The summed E-state index contributed by atoms with van der Waals surface area (Å²) in [4.78, 5) is 37.6. The summed E-state index contributed by atoms with van der Waals surface area (Å²) in [6.07, 6.45) is 25.6. The Morgan fingerprint density at radius 3 is 1.07 bits per heavy atom. The molecule has 11 nitrogen and oxygen atoms in total. The van der Waals surface area contributed by atoms with Crippen LogP contribution in [-0.4, -0.2) is 45.9 Å². The van der Waals surface area contributed by atoms with Gasteiger partial charge < -0.3 is 18.3 Å². The van der Waals surface area contributed by atoms with E-state index >= 15 is 0 Å². The van der Waals surface area contributed by atoms with Gasteiger partial charge in [-0.3, -0.25) is 20.2 Å². The van der Waals surface area contributed by atoms with Crippen LogP contribution in [-0.2, 0) is 8.85 Å². The first-order valence-electron chi connectivity index (χ1n) is 26.8. The van der Waals surface area contributed by atoms with E-state index in [9.17, 15) is 25.0 Å². The van der Waals surface area contributed by atoms with Crippen LogP contribution in [0.15, 0.2) is 36.4 Å². The molecule has 2 aromatic rings. The van der Waals surface area contributed by atoms with Crippen LogP contribution in [0.3, 0.4) is 0 Å². The Balaban J connectivity index is 2.43. The van der Waals surface area contributed by atoms with E-state index < -0.39 is 32.6 Å². The van der Waals surface area contributed by atoms with Crippen molar-refractivity contribution >= 4 is 34.2 Å². The highest BCUT2D eigenvalue weighted by atomic mass is 28.4. The Bertz CT molecular complexity index is 1650. The lowest BCUT2D eigenvalue weighted by molar-refractivity contribution is -0.385. The Morgan fingerprint density at radius 1 is 0.500 bits per heavy atom. The van der Waals surface area contributed by atoms with E-state index in [1.165, 1.54) is 126 Å². The van der Waals surface area contributed by atoms with Crippen LogP contribution < -0.4 is 9.47 Å². The van der Waals surface area contributed by atoms with E-state index in [4.69, 9.17) is 18.3 Å². The molecule has 2 rings (SSSR count). The molecule has 0 saturated carbocycles. The molecule has 2 unspecified atom stereocenters. The van der Waals surface area contributed by atoms with Crippen molar-refractivity contribution in [2.45, 2.75) is 258 Å². The van der Waals surface area contributed by atoms with E-state index in [2.05, 4.69) is 81.6 Å². The average Bonchev–Trinajstić information content (AvgIpc) is 3.25. The van der Waals surface area contributed by atoms with Crippen molar-refractivity contribution in [1.29, 1.82) is 0 Å². The Morgan fingerprint density at radius 2 is 0.794 bits per heavy atom. The van der Waals surface area contributed by atoms with Gasteiger partial charge in [-0.25, -0.2) is 4.79 Å². The molecular formula is C55H96N2O9Si2. The zero-order valence-electron chi connectivity index (χ0n) is 45.1. The van der Waals surface area contributed by atoms with Crippen LogP contribution in [0.4, 0.5) is 16.2 Å². The molecule has 0 aliphatic carbocycles. The van der Waals surface area contributed by atoms with Crippen molar-refractivity contribution in [3.05, 3.63) is 67.8 Å².